The monoisotopic (exact) mass is 225 g/mol. The molecular formula is C10H11NO5. The number of amides is 2. The van der Waals surface area contributed by atoms with Gasteiger partial charge in [-0.25, -0.2) is 0 Å². The van der Waals surface area contributed by atoms with E-state index in [0.717, 1.165) is 17.7 Å². The van der Waals surface area contributed by atoms with Gasteiger partial charge in [0.1, 0.15) is 6.54 Å². The molecule has 2 bridgehead atoms. The van der Waals surface area contributed by atoms with Gasteiger partial charge in [-0.3, -0.25) is 19.3 Å². The molecule has 3 saturated heterocycles. The van der Waals surface area contributed by atoms with Crippen molar-refractivity contribution in [2.75, 3.05) is 6.54 Å². The Labute approximate surface area is 91.2 Å². The van der Waals surface area contributed by atoms with E-state index in [-0.39, 0.29) is 24.0 Å². The van der Waals surface area contributed by atoms with Crippen LogP contribution >= 0.6 is 0 Å². The molecule has 2 amide bonds. The highest BCUT2D eigenvalue weighted by molar-refractivity contribution is 6.07. The van der Waals surface area contributed by atoms with E-state index >= 15 is 0 Å². The first-order valence-corrected chi connectivity index (χ1v) is 5.32. The summed E-state index contributed by atoms with van der Waals surface area (Å²) in [6.07, 6.45) is 1.24. The maximum atomic E-state index is 11.9. The third-order valence-corrected chi connectivity index (χ3v) is 3.67. The molecule has 3 aliphatic heterocycles. The van der Waals surface area contributed by atoms with Crippen molar-refractivity contribution in [3.63, 3.8) is 0 Å². The van der Waals surface area contributed by atoms with Crippen molar-refractivity contribution in [2.45, 2.75) is 25.0 Å². The van der Waals surface area contributed by atoms with Crippen LogP contribution < -0.4 is 0 Å². The Hall–Kier alpha value is -1.43. The van der Waals surface area contributed by atoms with Crippen LogP contribution in [0.15, 0.2) is 0 Å². The number of carboxylic acid groups (broad SMARTS) is 1. The second-order valence-corrected chi connectivity index (χ2v) is 4.50. The van der Waals surface area contributed by atoms with Crippen molar-refractivity contribution in [3.8, 4) is 0 Å². The molecule has 6 nitrogen and oxygen atoms in total. The van der Waals surface area contributed by atoms with E-state index in [1.807, 2.05) is 0 Å². The number of nitrogens with zero attached hydrogens (tertiary/aromatic N) is 1. The number of imide groups is 1. The molecule has 0 unspecified atom stereocenters. The summed E-state index contributed by atoms with van der Waals surface area (Å²) >= 11 is 0. The van der Waals surface area contributed by atoms with Crippen molar-refractivity contribution in [3.05, 3.63) is 0 Å². The highest BCUT2D eigenvalue weighted by Crippen LogP contribution is 2.48. The fourth-order valence-electron chi connectivity index (χ4n) is 3.06. The Kier molecular flexibility index (Phi) is 1.85. The van der Waals surface area contributed by atoms with Gasteiger partial charge in [0.25, 0.3) is 0 Å². The number of hydrogen-bond donors (Lipinski definition) is 1. The highest BCUT2D eigenvalue weighted by atomic mass is 16.5. The maximum absolute atomic E-state index is 11.9. The first-order valence-electron chi connectivity index (χ1n) is 5.32. The summed E-state index contributed by atoms with van der Waals surface area (Å²) in [4.78, 5) is 35.2. The summed E-state index contributed by atoms with van der Waals surface area (Å²) in [6, 6.07) is 0. The number of carbonyl (C=O) groups excluding carboxylic acids is 2. The summed E-state index contributed by atoms with van der Waals surface area (Å²) in [7, 11) is 0. The molecule has 4 atom stereocenters. The number of carbonyl (C=O) groups is 3. The number of carboxylic acids is 1. The van der Waals surface area contributed by atoms with Crippen LogP contribution in [0, 0.1) is 11.8 Å². The van der Waals surface area contributed by atoms with E-state index in [9.17, 15) is 14.4 Å². The molecule has 1 N–H and O–H groups in total. The molecule has 3 aliphatic rings. The molecule has 86 valence electrons. The van der Waals surface area contributed by atoms with Crippen LogP contribution in [0.5, 0.6) is 0 Å². The predicted molar refractivity (Wildman–Crippen MR) is 49.2 cm³/mol. The van der Waals surface area contributed by atoms with Crippen molar-refractivity contribution in [1.29, 1.82) is 0 Å². The SMILES string of the molecule is O=C(O)CN1C(=O)[C@H]2[C@H](C1=O)[C@H]1CC[C@@H]2O1. The van der Waals surface area contributed by atoms with Crippen LogP contribution in [0.25, 0.3) is 0 Å². The maximum Gasteiger partial charge on any atom is 0.323 e. The lowest BCUT2D eigenvalue weighted by molar-refractivity contribution is -0.151. The molecule has 16 heavy (non-hydrogen) atoms. The molecule has 0 aromatic heterocycles. The van der Waals surface area contributed by atoms with Gasteiger partial charge in [0.2, 0.25) is 11.8 Å². The van der Waals surface area contributed by atoms with Gasteiger partial charge in [0.15, 0.2) is 0 Å². The minimum atomic E-state index is -1.16. The van der Waals surface area contributed by atoms with E-state index in [1.165, 1.54) is 0 Å². The van der Waals surface area contributed by atoms with Gasteiger partial charge < -0.3 is 9.84 Å². The van der Waals surface area contributed by atoms with Crippen LogP contribution in [0.2, 0.25) is 0 Å². The van der Waals surface area contributed by atoms with E-state index in [4.69, 9.17) is 9.84 Å². The number of hydrogen-bond acceptors (Lipinski definition) is 4. The number of fused-ring (bicyclic) bond motifs is 5. The zero-order valence-corrected chi connectivity index (χ0v) is 8.46. The Bertz CT molecular complexity index is 365. The summed E-state index contributed by atoms with van der Waals surface area (Å²) < 4.78 is 5.52. The van der Waals surface area contributed by atoms with E-state index in [0.29, 0.717) is 0 Å². The Balaban J connectivity index is 1.89. The lowest BCUT2D eigenvalue weighted by Gasteiger charge is -2.15. The molecule has 0 aromatic carbocycles. The average molecular weight is 225 g/mol. The normalized spacial score (nSPS) is 40.6. The lowest BCUT2D eigenvalue weighted by Crippen LogP contribution is -2.38. The van der Waals surface area contributed by atoms with Crippen molar-refractivity contribution in [2.24, 2.45) is 11.8 Å². The summed E-state index contributed by atoms with van der Waals surface area (Å²) in [5, 5.41) is 8.64. The molecule has 3 heterocycles. The second-order valence-electron chi connectivity index (χ2n) is 4.50. The van der Waals surface area contributed by atoms with Gasteiger partial charge in [-0.05, 0) is 12.8 Å². The summed E-state index contributed by atoms with van der Waals surface area (Å²) in [5.74, 6) is -2.75. The third kappa shape index (κ3) is 1.07. The quantitative estimate of drug-likeness (QED) is 0.624. The van der Waals surface area contributed by atoms with Gasteiger partial charge >= 0.3 is 5.97 Å². The molecule has 0 saturated carbocycles. The molecule has 0 radical (unpaired) electrons. The van der Waals surface area contributed by atoms with E-state index in [2.05, 4.69) is 0 Å². The minimum Gasteiger partial charge on any atom is -0.480 e. The molecular weight excluding hydrogens is 214 g/mol. The Morgan fingerprint density at radius 3 is 2.19 bits per heavy atom. The molecule has 0 aromatic rings. The van der Waals surface area contributed by atoms with Gasteiger partial charge in [-0.1, -0.05) is 0 Å². The van der Waals surface area contributed by atoms with Crippen molar-refractivity contribution >= 4 is 17.8 Å². The number of rotatable bonds is 2. The molecule has 3 fully saturated rings. The zero-order valence-electron chi connectivity index (χ0n) is 8.46. The van der Waals surface area contributed by atoms with Gasteiger partial charge in [-0.2, -0.15) is 0 Å². The topological polar surface area (TPSA) is 83.9 Å². The first-order chi connectivity index (χ1) is 7.59. The predicted octanol–water partition coefficient (Wildman–Crippen LogP) is -0.767. The number of ether oxygens (including phenoxy) is 1. The van der Waals surface area contributed by atoms with Crippen LogP contribution in [-0.2, 0) is 19.1 Å². The Morgan fingerprint density at radius 1 is 1.25 bits per heavy atom. The van der Waals surface area contributed by atoms with Gasteiger partial charge in [-0.15, -0.1) is 0 Å². The zero-order chi connectivity index (χ0) is 11.4. The van der Waals surface area contributed by atoms with Gasteiger partial charge in [0.05, 0.1) is 24.0 Å². The average Bonchev–Trinajstić information content (AvgIpc) is 2.87. The molecule has 6 heteroatoms. The van der Waals surface area contributed by atoms with Crippen molar-refractivity contribution < 1.29 is 24.2 Å². The van der Waals surface area contributed by atoms with Crippen LogP contribution in [0.4, 0.5) is 0 Å². The van der Waals surface area contributed by atoms with E-state index in [1.54, 1.807) is 0 Å². The molecule has 0 spiro atoms. The van der Waals surface area contributed by atoms with E-state index < -0.39 is 24.3 Å². The fourth-order valence-corrected chi connectivity index (χ4v) is 3.06. The van der Waals surface area contributed by atoms with Crippen LogP contribution in [0.1, 0.15) is 12.8 Å². The smallest absolute Gasteiger partial charge is 0.323 e. The highest BCUT2D eigenvalue weighted by Gasteiger charge is 2.62. The van der Waals surface area contributed by atoms with Crippen LogP contribution in [0.3, 0.4) is 0 Å². The second kappa shape index (κ2) is 3.04. The molecule has 0 aliphatic carbocycles. The number of aliphatic carboxylic acids is 1. The first kappa shape index (κ1) is 9.77. The lowest BCUT2D eigenvalue weighted by atomic mass is 9.81. The summed E-state index contributed by atoms with van der Waals surface area (Å²) in [5.41, 5.74) is 0. The standard InChI is InChI=1S/C10H11NO5/c12-6(13)3-11-9(14)7-4-1-2-5(16-4)8(7)10(11)15/h4-5,7-8H,1-3H2,(H,12,13)/t4-,5+,7-,8-/m1/s1. The minimum absolute atomic E-state index is 0.176. The third-order valence-electron chi connectivity index (χ3n) is 3.67. The largest absolute Gasteiger partial charge is 0.480 e. The number of likely N-dealkylation sites (tertiary alicyclic amines) is 1. The summed E-state index contributed by atoms with van der Waals surface area (Å²) in [6.45, 7) is -0.524. The van der Waals surface area contributed by atoms with Crippen molar-refractivity contribution in [1.82, 2.24) is 4.90 Å². The van der Waals surface area contributed by atoms with Crippen LogP contribution in [-0.4, -0.2) is 46.5 Å². The van der Waals surface area contributed by atoms with Gasteiger partial charge in [0, 0.05) is 0 Å². The molecule has 3 rings (SSSR count). The Morgan fingerprint density at radius 2 is 1.75 bits per heavy atom. The fraction of sp³-hybridized carbons (Fsp3) is 0.700.